The maximum absolute atomic E-state index is 5.45. The van der Waals surface area contributed by atoms with E-state index in [0.29, 0.717) is 5.95 Å². The van der Waals surface area contributed by atoms with E-state index in [4.69, 9.17) is 5.84 Å². The Labute approximate surface area is 121 Å². The van der Waals surface area contributed by atoms with Crippen LogP contribution in [0.15, 0.2) is 35.7 Å². The van der Waals surface area contributed by atoms with Crippen molar-refractivity contribution in [3.8, 4) is 0 Å². The van der Waals surface area contributed by atoms with Crippen LogP contribution in [0.3, 0.4) is 0 Å². The molecule has 0 radical (unpaired) electrons. The predicted octanol–water partition coefficient (Wildman–Crippen LogP) is 3.05. The number of nitrogen functional groups attached to an aromatic ring is 1. The Morgan fingerprint density at radius 3 is 2.85 bits per heavy atom. The van der Waals surface area contributed by atoms with Gasteiger partial charge in [-0.25, -0.2) is 10.8 Å². The molecule has 0 aliphatic heterocycles. The van der Waals surface area contributed by atoms with Crippen molar-refractivity contribution >= 4 is 39.0 Å². The number of nitrogens with zero attached hydrogens (tertiary/aromatic N) is 3. The molecule has 2 heterocycles. The Morgan fingerprint density at radius 1 is 1.25 bits per heavy atom. The fourth-order valence-electron chi connectivity index (χ4n) is 2.10. The van der Waals surface area contributed by atoms with Crippen molar-refractivity contribution in [3.05, 3.63) is 41.3 Å². The van der Waals surface area contributed by atoms with Gasteiger partial charge in [-0.15, -0.1) is 11.3 Å². The predicted molar refractivity (Wildman–Crippen MR) is 84.5 cm³/mol. The van der Waals surface area contributed by atoms with Crippen molar-refractivity contribution in [2.45, 2.75) is 6.92 Å². The number of aromatic nitrogens is 2. The van der Waals surface area contributed by atoms with E-state index in [-0.39, 0.29) is 0 Å². The number of rotatable bonds is 3. The summed E-state index contributed by atoms with van der Waals surface area (Å²) in [6.07, 6.45) is 0. The first kappa shape index (κ1) is 12.8. The van der Waals surface area contributed by atoms with Crippen LogP contribution in [-0.4, -0.2) is 17.0 Å². The zero-order chi connectivity index (χ0) is 14.1. The van der Waals surface area contributed by atoms with Gasteiger partial charge in [-0.1, -0.05) is 12.1 Å². The van der Waals surface area contributed by atoms with E-state index in [9.17, 15) is 0 Å². The van der Waals surface area contributed by atoms with Gasteiger partial charge < -0.3 is 4.90 Å². The summed E-state index contributed by atoms with van der Waals surface area (Å²) in [5.41, 5.74) is 5.71. The highest BCUT2D eigenvalue weighted by molar-refractivity contribution is 7.17. The number of hydrogen-bond acceptors (Lipinski definition) is 6. The van der Waals surface area contributed by atoms with Crippen LogP contribution in [0.2, 0.25) is 0 Å². The minimum Gasteiger partial charge on any atom is -0.328 e. The molecule has 0 amide bonds. The fraction of sp³-hybridized carbons (Fsp3) is 0.143. The van der Waals surface area contributed by atoms with Gasteiger partial charge in [0.25, 0.3) is 0 Å². The van der Waals surface area contributed by atoms with Crippen LogP contribution in [0.5, 0.6) is 0 Å². The minimum absolute atomic E-state index is 0.422. The van der Waals surface area contributed by atoms with Crippen LogP contribution in [0.1, 0.15) is 5.56 Å². The SMILES string of the molecule is Cc1cccc(N(C)c2nc(NN)nc3ccsc23)c1. The van der Waals surface area contributed by atoms with E-state index in [1.807, 2.05) is 29.5 Å². The molecule has 3 rings (SSSR count). The van der Waals surface area contributed by atoms with Crippen molar-refractivity contribution in [1.29, 1.82) is 0 Å². The first-order chi connectivity index (χ1) is 9.69. The molecule has 0 aliphatic carbocycles. The summed E-state index contributed by atoms with van der Waals surface area (Å²) in [5.74, 6) is 6.72. The molecule has 0 fully saturated rings. The molecule has 5 nitrogen and oxygen atoms in total. The van der Waals surface area contributed by atoms with Gasteiger partial charge in [0.2, 0.25) is 5.95 Å². The van der Waals surface area contributed by atoms with Crippen molar-refractivity contribution in [1.82, 2.24) is 9.97 Å². The lowest BCUT2D eigenvalue weighted by Gasteiger charge is -2.19. The van der Waals surface area contributed by atoms with Gasteiger partial charge in [-0.3, -0.25) is 5.43 Å². The molecule has 3 N–H and O–H groups in total. The zero-order valence-corrected chi connectivity index (χ0v) is 12.1. The number of nitrogens with one attached hydrogen (secondary N) is 1. The molecule has 1 aromatic carbocycles. The number of anilines is 3. The maximum Gasteiger partial charge on any atom is 0.239 e. The molecule has 6 heteroatoms. The number of nitrogens with two attached hydrogens (primary N) is 1. The third-order valence-corrected chi connectivity index (χ3v) is 4.02. The second kappa shape index (κ2) is 5.07. The number of hydrogen-bond donors (Lipinski definition) is 2. The van der Waals surface area contributed by atoms with Crippen molar-refractivity contribution in [2.75, 3.05) is 17.4 Å². The molecule has 2 aromatic heterocycles. The van der Waals surface area contributed by atoms with Gasteiger partial charge in [-0.05, 0) is 36.1 Å². The molecule has 0 saturated heterocycles. The van der Waals surface area contributed by atoms with E-state index in [1.165, 1.54) is 5.56 Å². The Hall–Kier alpha value is -2.18. The van der Waals surface area contributed by atoms with Gasteiger partial charge in [0.05, 0.1) is 10.2 Å². The summed E-state index contributed by atoms with van der Waals surface area (Å²) < 4.78 is 1.05. The van der Waals surface area contributed by atoms with Gasteiger partial charge >= 0.3 is 0 Å². The summed E-state index contributed by atoms with van der Waals surface area (Å²) in [4.78, 5) is 10.9. The number of hydrazine groups is 1. The summed E-state index contributed by atoms with van der Waals surface area (Å²) in [6, 6.07) is 10.3. The lowest BCUT2D eigenvalue weighted by atomic mass is 10.2. The highest BCUT2D eigenvalue weighted by Crippen LogP contribution is 2.33. The van der Waals surface area contributed by atoms with Crippen molar-refractivity contribution < 1.29 is 0 Å². The lowest BCUT2D eigenvalue weighted by Crippen LogP contribution is -2.15. The van der Waals surface area contributed by atoms with Crippen LogP contribution in [0.4, 0.5) is 17.5 Å². The summed E-state index contributed by atoms with van der Waals surface area (Å²) in [7, 11) is 2.00. The van der Waals surface area contributed by atoms with E-state index >= 15 is 0 Å². The monoisotopic (exact) mass is 285 g/mol. The van der Waals surface area contributed by atoms with Gasteiger partial charge in [0.15, 0.2) is 5.82 Å². The molecule has 0 aliphatic rings. The highest BCUT2D eigenvalue weighted by Gasteiger charge is 2.14. The molecule has 0 bridgehead atoms. The Kier molecular flexibility index (Phi) is 3.25. The first-order valence-electron chi connectivity index (χ1n) is 6.21. The Bertz CT molecular complexity index is 752. The van der Waals surface area contributed by atoms with E-state index in [1.54, 1.807) is 11.3 Å². The van der Waals surface area contributed by atoms with E-state index in [2.05, 4.69) is 40.5 Å². The molecule has 0 spiro atoms. The standard InChI is InChI=1S/C14H15N5S/c1-9-4-3-5-10(8-9)19(2)13-12-11(6-7-20-12)16-14(17-13)18-15/h3-8H,15H2,1-2H3,(H,16,17,18). The fourth-order valence-corrected chi connectivity index (χ4v) is 2.95. The summed E-state index contributed by atoms with van der Waals surface area (Å²) in [6.45, 7) is 2.07. The van der Waals surface area contributed by atoms with Gasteiger partial charge in [0.1, 0.15) is 0 Å². The molecule has 0 saturated carbocycles. The molecular formula is C14H15N5S. The van der Waals surface area contributed by atoms with Gasteiger partial charge in [-0.2, -0.15) is 4.98 Å². The number of benzene rings is 1. The number of thiophene rings is 1. The molecule has 0 atom stereocenters. The van der Waals surface area contributed by atoms with Crippen LogP contribution >= 0.6 is 11.3 Å². The van der Waals surface area contributed by atoms with E-state index < -0.39 is 0 Å². The average Bonchev–Trinajstić information content (AvgIpc) is 2.93. The quantitative estimate of drug-likeness (QED) is 0.572. The Balaban J connectivity index is 2.15. The second-order valence-corrected chi connectivity index (χ2v) is 5.46. The maximum atomic E-state index is 5.45. The van der Waals surface area contributed by atoms with Crippen LogP contribution in [0, 0.1) is 6.92 Å². The normalized spacial score (nSPS) is 10.8. The van der Waals surface area contributed by atoms with Crippen molar-refractivity contribution in [3.63, 3.8) is 0 Å². The molecule has 20 heavy (non-hydrogen) atoms. The summed E-state index contributed by atoms with van der Waals surface area (Å²) in [5, 5.41) is 2.01. The van der Waals surface area contributed by atoms with Crippen molar-refractivity contribution in [2.24, 2.45) is 5.84 Å². The third-order valence-electron chi connectivity index (χ3n) is 3.12. The molecule has 0 unspecified atom stereocenters. The highest BCUT2D eigenvalue weighted by atomic mass is 32.1. The Morgan fingerprint density at radius 2 is 2.10 bits per heavy atom. The third kappa shape index (κ3) is 2.19. The second-order valence-electron chi connectivity index (χ2n) is 4.55. The van der Waals surface area contributed by atoms with Crippen LogP contribution < -0.4 is 16.2 Å². The smallest absolute Gasteiger partial charge is 0.239 e. The summed E-state index contributed by atoms with van der Waals surface area (Å²) >= 11 is 1.63. The number of fused-ring (bicyclic) bond motifs is 1. The molecule has 102 valence electrons. The van der Waals surface area contributed by atoms with Crippen LogP contribution in [0.25, 0.3) is 10.2 Å². The molecule has 3 aromatic rings. The molecular weight excluding hydrogens is 270 g/mol. The lowest BCUT2D eigenvalue weighted by molar-refractivity contribution is 1.09. The first-order valence-corrected chi connectivity index (χ1v) is 7.09. The van der Waals surface area contributed by atoms with Gasteiger partial charge in [0, 0.05) is 12.7 Å². The largest absolute Gasteiger partial charge is 0.328 e. The van der Waals surface area contributed by atoms with E-state index in [0.717, 1.165) is 21.7 Å². The topological polar surface area (TPSA) is 67.1 Å². The average molecular weight is 285 g/mol. The van der Waals surface area contributed by atoms with Crippen LogP contribution in [-0.2, 0) is 0 Å². The number of aryl methyl sites for hydroxylation is 1. The zero-order valence-electron chi connectivity index (χ0n) is 11.3. The minimum atomic E-state index is 0.422.